The van der Waals surface area contributed by atoms with Crippen molar-refractivity contribution < 1.29 is 97.2 Å². The molecule has 0 aliphatic carbocycles. The van der Waals surface area contributed by atoms with E-state index in [1.165, 1.54) is 5.39 Å². The first-order valence-corrected chi connectivity index (χ1v) is 17.8. The number of halogens is 20. The number of carbonyl (C=O) groups is 1. The van der Waals surface area contributed by atoms with Crippen molar-refractivity contribution in [2.24, 2.45) is 0 Å². The van der Waals surface area contributed by atoms with Gasteiger partial charge in [-0.25, -0.2) is 87.8 Å². The van der Waals surface area contributed by atoms with E-state index in [4.69, 9.17) is 0 Å². The van der Waals surface area contributed by atoms with Crippen LogP contribution in [-0.2, 0) is 6.54 Å². The lowest BCUT2D eigenvalue weighted by atomic mass is 9.12. The number of aromatic nitrogens is 1. The summed E-state index contributed by atoms with van der Waals surface area (Å²) in [5.41, 5.74) is -13.6. The maximum atomic E-state index is 15.4. The lowest BCUT2D eigenvalue weighted by Crippen LogP contribution is -2.81. The van der Waals surface area contributed by atoms with Crippen molar-refractivity contribution in [1.29, 1.82) is 0 Å². The summed E-state index contributed by atoms with van der Waals surface area (Å²) in [5, 5.41) is 2.31. The molecule has 0 unspecified atom stereocenters. The molecular formula is C41H14BF20NOS. The number of fused-ring (bicyclic) bond motifs is 1. The minimum atomic E-state index is -7.22. The molecule has 65 heavy (non-hydrogen) atoms. The van der Waals surface area contributed by atoms with Crippen LogP contribution in [0.3, 0.4) is 0 Å². The monoisotopic (exact) mass is 959 g/mol. The molecule has 0 spiro atoms. The molecule has 0 aliphatic heterocycles. The van der Waals surface area contributed by atoms with E-state index in [0.29, 0.717) is 12.1 Å². The highest BCUT2D eigenvalue weighted by atomic mass is 32.1. The highest BCUT2D eigenvalue weighted by Gasteiger charge is 2.52. The zero-order valence-electron chi connectivity index (χ0n) is 31.0. The van der Waals surface area contributed by atoms with Crippen LogP contribution in [0.5, 0.6) is 0 Å². The van der Waals surface area contributed by atoms with E-state index in [9.17, 15) is 57.5 Å². The Labute approximate surface area is 354 Å². The van der Waals surface area contributed by atoms with Crippen LogP contribution in [0.1, 0.15) is 10.4 Å². The summed E-state index contributed by atoms with van der Waals surface area (Å²) in [5.74, 6) is -71.3. The number of carbonyl (C=O) groups excluding carboxylic acids is 1. The number of pyridine rings is 1. The van der Waals surface area contributed by atoms with E-state index in [-0.39, 0.29) is 5.78 Å². The first kappa shape index (κ1) is 47.9. The average molecular weight is 959 g/mol. The van der Waals surface area contributed by atoms with Gasteiger partial charge in [-0.15, -0.1) is 34.5 Å². The fourth-order valence-electron chi connectivity index (χ4n) is 7.05. The van der Waals surface area contributed by atoms with Gasteiger partial charge in [-0.1, -0.05) is 30.3 Å². The third kappa shape index (κ3) is 7.69. The van der Waals surface area contributed by atoms with Crippen LogP contribution in [0.15, 0.2) is 71.9 Å². The Balaban J connectivity index is 0.000000289. The number of nitrogens with zero attached hydrogens (tertiary/aromatic N) is 1. The summed E-state index contributed by atoms with van der Waals surface area (Å²) < 4.78 is 296. The molecule has 0 saturated carbocycles. The van der Waals surface area contributed by atoms with Gasteiger partial charge in [0, 0.05) is 21.9 Å². The van der Waals surface area contributed by atoms with Crippen molar-refractivity contribution in [3.8, 4) is 0 Å². The molecule has 2 nitrogen and oxygen atoms in total. The Morgan fingerprint density at radius 3 is 0.969 bits per heavy atom. The number of thiol groups is 1. The van der Waals surface area contributed by atoms with Gasteiger partial charge in [-0.3, -0.25) is 4.79 Å². The Morgan fingerprint density at radius 2 is 0.662 bits per heavy atom. The topological polar surface area (TPSA) is 20.9 Å². The highest BCUT2D eigenvalue weighted by Crippen LogP contribution is 2.31. The van der Waals surface area contributed by atoms with Crippen LogP contribution in [0.2, 0.25) is 0 Å². The molecule has 338 valence electrons. The molecule has 0 saturated heterocycles. The first-order valence-electron chi connectivity index (χ1n) is 17.4. The predicted molar refractivity (Wildman–Crippen MR) is 191 cm³/mol. The highest BCUT2D eigenvalue weighted by molar-refractivity contribution is 7.80. The molecule has 0 aliphatic rings. The van der Waals surface area contributed by atoms with Crippen LogP contribution >= 0.6 is 12.6 Å². The molecule has 24 heteroatoms. The third-order valence-electron chi connectivity index (χ3n) is 9.97. The van der Waals surface area contributed by atoms with Crippen LogP contribution < -0.4 is 26.4 Å². The average Bonchev–Trinajstić information content (AvgIpc) is 3.29. The van der Waals surface area contributed by atoms with Crippen LogP contribution in [0.4, 0.5) is 87.8 Å². The maximum Gasteiger partial charge on any atom is 0.227 e. The van der Waals surface area contributed by atoms with Gasteiger partial charge in [-0.05, 0) is 23.6 Å². The largest absolute Gasteiger partial charge is 0.287 e. The summed E-state index contributed by atoms with van der Waals surface area (Å²) in [6.45, 7) is 0.344. The fourth-order valence-corrected chi connectivity index (χ4v) is 7.20. The number of hydrogen-bond acceptors (Lipinski definition) is 2. The molecule has 0 fully saturated rings. The third-order valence-corrected chi connectivity index (χ3v) is 10.3. The van der Waals surface area contributed by atoms with Crippen molar-refractivity contribution in [2.75, 3.05) is 0 Å². The van der Waals surface area contributed by atoms with Crippen molar-refractivity contribution in [1.82, 2.24) is 0 Å². The molecule has 0 amide bonds. The Kier molecular flexibility index (Phi) is 13.1. The second-order valence-corrected chi connectivity index (χ2v) is 14.0. The smallest absolute Gasteiger partial charge is 0.227 e. The fraction of sp³-hybridized carbons (Fsp3) is 0.0244. The molecule has 7 rings (SSSR count). The van der Waals surface area contributed by atoms with Gasteiger partial charge in [0.2, 0.25) is 12.3 Å². The summed E-state index contributed by atoms with van der Waals surface area (Å²) in [4.78, 5) is 13.1. The number of ketones is 1. The molecular weight excluding hydrogens is 945 g/mol. The predicted octanol–water partition coefficient (Wildman–Crippen LogP) is 9.14. The summed E-state index contributed by atoms with van der Waals surface area (Å²) in [6.07, 6.45) is -3.28. The molecule has 7 aromatic rings. The quantitative estimate of drug-likeness (QED) is 0.0322. The van der Waals surface area contributed by atoms with Gasteiger partial charge in [-0.2, -0.15) is 4.57 Å². The lowest BCUT2D eigenvalue weighted by molar-refractivity contribution is -0.681. The minimum Gasteiger partial charge on any atom is -0.287 e. The Hall–Kier alpha value is -6.59. The Morgan fingerprint density at radius 1 is 0.385 bits per heavy atom. The van der Waals surface area contributed by atoms with Gasteiger partial charge in [0.1, 0.15) is 52.7 Å². The standard InChI is InChI=1S/C24BF20.C17H13NOS/c26-5-1(6(27)14(35)21(42)13(5)34)25(2-7(28)15(36)22(43)16(37)8(2)29,3-9(30)17(38)23(44)18(39)10(3)31)4-11(32)19(40)24(45)20(41)12(4)33;19-17(14-5-7-16(20)8-6-14)12-18-10-9-13-3-1-2-4-15(13)11-18/h;1-11H,12H2/q-1;/p+1. The van der Waals surface area contributed by atoms with Crippen LogP contribution in [0.25, 0.3) is 10.8 Å². The van der Waals surface area contributed by atoms with Crippen LogP contribution in [-0.4, -0.2) is 11.9 Å². The maximum absolute atomic E-state index is 15.4. The van der Waals surface area contributed by atoms with E-state index in [0.717, 1.165) is 10.3 Å². The van der Waals surface area contributed by atoms with E-state index < -0.39 is 144 Å². The van der Waals surface area contributed by atoms with E-state index >= 15 is 35.1 Å². The van der Waals surface area contributed by atoms with E-state index in [1.807, 2.05) is 65.5 Å². The number of Topliss-reactive ketones (excluding diaryl/α,β-unsaturated/α-hetero) is 1. The molecule has 1 heterocycles. The number of hydrogen-bond donors (Lipinski definition) is 1. The Bertz CT molecular complexity index is 2730. The van der Waals surface area contributed by atoms with Gasteiger partial charge < -0.3 is 0 Å². The summed E-state index contributed by atoms with van der Waals surface area (Å²) in [7, 11) is 0. The molecule has 6 aromatic carbocycles. The SMILES string of the molecule is Fc1c(F)c(F)c([B-](c2c(F)c(F)c(F)c(F)c2F)(c2c(F)c(F)c(F)c(F)c2F)c2c(F)c(F)c(F)c(F)c2F)c(F)c1F.O=C(C[n+]1ccc2ccccc2c1)c1ccc(S)cc1. The second kappa shape index (κ2) is 17.8. The van der Waals surface area contributed by atoms with Crippen molar-refractivity contribution in [2.45, 2.75) is 11.4 Å². The molecule has 0 bridgehead atoms. The number of benzene rings is 6. The molecule has 0 N–H and O–H groups in total. The van der Waals surface area contributed by atoms with Gasteiger partial charge in [0.05, 0.1) is 0 Å². The summed E-state index contributed by atoms with van der Waals surface area (Å²) >= 11 is 4.22. The van der Waals surface area contributed by atoms with E-state index in [1.54, 1.807) is 0 Å². The van der Waals surface area contributed by atoms with Crippen molar-refractivity contribution in [3.63, 3.8) is 0 Å². The van der Waals surface area contributed by atoms with Crippen LogP contribution in [0, 0.1) is 116 Å². The zero-order chi connectivity index (χ0) is 48.3. The molecule has 0 radical (unpaired) electrons. The minimum absolute atomic E-state index is 0.0959. The van der Waals surface area contributed by atoms with Gasteiger partial charge in [0.25, 0.3) is 0 Å². The lowest BCUT2D eigenvalue weighted by Gasteiger charge is -2.44. The normalized spacial score (nSPS) is 11.6. The first-order chi connectivity index (χ1) is 30.4. The second-order valence-electron chi connectivity index (χ2n) is 13.5. The van der Waals surface area contributed by atoms with Gasteiger partial charge >= 0.3 is 0 Å². The van der Waals surface area contributed by atoms with Gasteiger partial charge in [0.15, 0.2) is 82.2 Å². The zero-order valence-corrected chi connectivity index (χ0v) is 31.9. The molecule has 1 aromatic heterocycles. The van der Waals surface area contributed by atoms with Crippen molar-refractivity contribution in [3.05, 3.63) is 189 Å². The molecule has 0 atom stereocenters. The number of rotatable bonds is 7. The van der Waals surface area contributed by atoms with E-state index in [2.05, 4.69) is 18.7 Å². The summed E-state index contributed by atoms with van der Waals surface area (Å²) in [6, 6.07) is 17.4. The van der Waals surface area contributed by atoms with Crippen molar-refractivity contribution >= 4 is 57.2 Å².